The Hall–Kier alpha value is -2.52. The number of benzene rings is 3. The summed E-state index contributed by atoms with van der Waals surface area (Å²) in [6, 6.07) is 24.1. The molecule has 0 spiro atoms. The molecule has 0 saturated carbocycles. The maximum Gasteiger partial charge on any atom is 0.336 e. The lowest BCUT2D eigenvalue weighted by molar-refractivity contribution is 0.560. The van der Waals surface area contributed by atoms with Crippen molar-refractivity contribution in [2.24, 2.45) is 0 Å². The molecule has 0 aliphatic rings. The molecule has 4 aromatic rings. The first-order valence-electron chi connectivity index (χ1n) is 7.87. The molecule has 0 atom stereocenters. The van der Waals surface area contributed by atoms with Gasteiger partial charge in [-0.1, -0.05) is 60.7 Å². The highest BCUT2D eigenvalue weighted by molar-refractivity contribution is 7.97. The Morgan fingerprint density at radius 2 is 1.62 bits per heavy atom. The van der Waals surface area contributed by atoms with Crippen LogP contribution in [0.1, 0.15) is 11.1 Å². The highest BCUT2D eigenvalue weighted by atomic mass is 32.2. The highest BCUT2D eigenvalue weighted by Gasteiger charge is 2.09. The van der Waals surface area contributed by atoms with E-state index in [1.54, 1.807) is 6.07 Å². The van der Waals surface area contributed by atoms with Crippen LogP contribution in [-0.2, 0) is 11.5 Å². The van der Waals surface area contributed by atoms with E-state index >= 15 is 0 Å². The number of hydrogen-bond donors (Lipinski definition) is 0. The van der Waals surface area contributed by atoms with Crippen LogP contribution in [0.4, 0.5) is 0 Å². The SMILES string of the molecule is O=c1cc(CSCc2ccccc2)c2c(ccc3ccccc32)o1. The normalized spacial score (nSPS) is 11.2. The summed E-state index contributed by atoms with van der Waals surface area (Å²) in [6.07, 6.45) is 0. The molecule has 3 heteroatoms. The molecule has 0 N–H and O–H groups in total. The van der Waals surface area contributed by atoms with Crippen LogP contribution in [0.15, 0.2) is 82.0 Å². The van der Waals surface area contributed by atoms with E-state index in [-0.39, 0.29) is 5.63 Å². The van der Waals surface area contributed by atoms with Gasteiger partial charge in [0.1, 0.15) is 5.58 Å². The fraction of sp³-hybridized carbons (Fsp3) is 0.0952. The molecule has 2 nitrogen and oxygen atoms in total. The molecule has 0 unspecified atom stereocenters. The third-order valence-electron chi connectivity index (χ3n) is 4.08. The first-order chi connectivity index (χ1) is 11.8. The molecule has 0 fully saturated rings. The van der Waals surface area contributed by atoms with Crippen LogP contribution in [0, 0.1) is 0 Å². The zero-order chi connectivity index (χ0) is 16.4. The molecule has 0 bridgehead atoms. The summed E-state index contributed by atoms with van der Waals surface area (Å²) in [5.41, 5.74) is 2.71. The summed E-state index contributed by atoms with van der Waals surface area (Å²) in [5, 5.41) is 3.34. The van der Waals surface area contributed by atoms with Crippen molar-refractivity contribution in [2.75, 3.05) is 0 Å². The predicted molar refractivity (Wildman–Crippen MR) is 101 cm³/mol. The Morgan fingerprint density at radius 3 is 2.50 bits per heavy atom. The van der Waals surface area contributed by atoms with Crippen molar-refractivity contribution >= 4 is 33.5 Å². The minimum Gasteiger partial charge on any atom is -0.423 e. The second-order valence-electron chi connectivity index (χ2n) is 5.73. The van der Waals surface area contributed by atoms with Crippen molar-refractivity contribution in [3.8, 4) is 0 Å². The third kappa shape index (κ3) is 2.95. The Balaban J connectivity index is 1.73. The largest absolute Gasteiger partial charge is 0.423 e. The van der Waals surface area contributed by atoms with E-state index in [0.29, 0.717) is 5.58 Å². The number of fused-ring (bicyclic) bond motifs is 3. The van der Waals surface area contributed by atoms with E-state index in [1.807, 2.05) is 42.1 Å². The van der Waals surface area contributed by atoms with Crippen LogP contribution < -0.4 is 5.63 Å². The summed E-state index contributed by atoms with van der Waals surface area (Å²) in [5.74, 6) is 1.71. The highest BCUT2D eigenvalue weighted by Crippen LogP contribution is 2.30. The van der Waals surface area contributed by atoms with E-state index in [9.17, 15) is 4.79 Å². The predicted octanol–water partition coefficient (Wildman–Crippen LogP) is 5.38. The smallest absolute Gasteiger partial charge is 0.336 e. The Morgan fingerprint density at radius 1 is 0.833 bits per heavy atom. The quantitative estimate of drug-likeness (QED) is 0.371. The van der Waals surface area contributed by atoms with Crippen LogP contribution in [0.25, 0.3) is 21.7 Å². The summed E-state index contributed by atoms with van der Waals surface area (Å²) in [6.45, 7) is 0. The molecule has 24 heavy (non-hydrogen) atoms. The van der Waals surface area contributed by atoms with E-state index in [4.69, 9.17) is 4.42 Å². The Labute approximate surface area is 144 Å². The monoisotopic (exact) mass is 332 g/mol. The van der Waals surface area contributed by atoms with Gasteiger partial charge in [0, 0.05) is 23.0 Å². The maximum atomic E-state index is 11.9. The zero-order valence-corrected chi connectivity index (χ0v) is 13.9. The molecular formula is C21H16O2S. The van der Waals surface area contributed by atoms with Gasteiger partial charge in [-0.15, -0.1) is 0 Å². The number of hydrogen-bond acceptors (Lipinski definition) is 3. The zero-order valence-electron chi connectivity index (χ0n) is 13.1. The molecule has 3 aromatic carbocycles. The van der Waals surface area contributed by atoms with Crippen molar-refractivity contribution in [1.29, 1.82) is 0 Å². The van der Waals surface area contributed by atoms with Crippen LogP contribution in [0.2, 0.25) is 0 Å². The van der Waals surface area contributed by atoms with Crippen molar-refractivity contribution in [2.45, 2.75) is 11.5 Å². The fourth-order valence-electron chi connectivity index (χ4n) is 2.99. The van der Waals surface area contributed by atoms with Crippen LogP contribution in [-0.4, -0.2) is 0 Å². The van der Waals surface area contributed by atoms with E-state index in [2.05, 4.69) is 36.4 Å². The fourth-order valence-corrected chi connectivity index (χ4v) is 3.96. The van der Waals surface area contributed by atoms with Crippen LogP contribution in [0.3, 0.4) is 0 Å². The molecule has 0 aliphatic carbocycles. The molecule has 1 heterocycles. The van der Waals surface area contributed by atoms with Gasteiger partial charge in [0.05, 0.1) is 0 Å². The lowest BCUT2D eigenvalue weighted by atomic mass is 10.0. The molecule has 118 valence electrons. The molecule has 1 aromatic heterocycles. The van der Waals surface area contributed by atoms with Crippen LogP contribution >= 0.6 is 11.8 Å². The number of thioether (sulfide) groups is 1. The van der Waals surface area contributed by atoms with Crippen molar-refractivity contribution in [3.05, 3.63) is 94.3 Å². The van der Waals surface area contributed by atoms with Gasteiger partial charge in [-0.05, 0) is 28.0 Å². The Kier molecular flexibility index (Phi) is 4.09. The average Bonchev–Trinajstić information content (AvgIpc) is 2.62. The lowest BCUT2D eigenvalue weighted by Gasteiger charge is -2.09. The minimum absolute atomic E-state index is 0.284. The van der Waals surface area contributed by atoms with Gasteiger partial charge in [0.2, 0.25) is 0 Å². The number of rotatable bonds is 4. The molecule has 4 rings (SSSR count). The topological polar surface area (TPSA) is 30.2 Å². The second kappa shape index (κ2) is 6.54. The van der Waals surface area contributed by atoms with Crippen LogP contribution in [0.5, 0.6) is 0 Å². The molecular weight excluding hydrogens is 316 g/mol. The van der Waals surface area contributed by atoms with Gasteiger partial charge >= 0.3 is 5.63 Å². The van der Waals surface area contributed by atoms with Gasteiger partial charge in [0.15, 0.2) is 0 Å². The summed E-state index contributed by atoms with van der Waals surface area (Å²) in [7, 11) is 0. The van der Waals surface area contributed by atoms with E-state index in [0.717, 1.165) is 33.2 Å². The standard InChI is InChI=1S/C21H16O2S/c22-20-12-17(14-24-13-15-6-2-1-3-7-15)21-18-9-5-4-8-16(18)10-11-19(21)23-20/h1-12H,13-14H2. The van der Waals surface area contributed by atoms with E-state index in [1.165, 1.54) is 5.56 Å². The van der Waals surface area contributed by atoms with Gasteiger partial charge in [-0.3, -0.25) is 0 Å². The van der Waals surface area contributed by atoms with Crippen molar-refractivity contribution < 1.29 is 4.42 Å². The van der Waals surface area contributed by atoms with Gasteiger partial charge in [-0.25, -0.2) is 4.79 Å². The van der Waals surface area contributed by atoms with E-state index < -0.39 is 0 Å². The first kappa shape index (κ1) is 15.0. The van der Waals surface area contributed by atoms with Gasteiger partial charge in [-0.2, -0.15) is 11.8 Å². The Bertz CT molecular complexity index is 1050. The molecule has 0 radical (unpaired) electrons. The molecule has 0 aliphatic heterocycles. The minimum atomic E-state index is -0.284. The third-order valence-corrected chi connectivity index (χ3v) is 5.14. The maximum absolute atomic E-state index is 11.9. The summed E-state index contributed by atoms with van der Waals surface area (Å²) >= 11 is 1.81. The summed E-state index contributed by atoms with van der Waals surface area (Å²) < 4.78 is 5.41. The van der Waals surface area contributed by atoms with Gasteiger partial charge in [0.25, 0.3) is 0 Å². The lowest BCUT2D eigenvalue weighted by Crippen LogP contribution is -2.00. The van der Waals surface area contributed by atoms with Gasteiger partial charge < -0.3 is 4.42 Å². The molecule has 0 saturated heterocycles. The average molecular weight is 332 g/mol. The summed E-state index contributed by atoms with van der Waals surface area (Å²) in [4.78, 5) is 11.9. The second-order valence-corrected chi connectivity index (χ2v) is 6.71. The first-order valence-corrected chi connectivity index (χ1v) is 9.03. The molecule has 0 amide bonds. The van der Waals surface area contributed by atoms with Crippen molar-refractivity contribution in [3.63, 3.8) is 0 Å². The van der Waals surface area contributed by atoms with Crippen molar-refractivity contribution in [1.82, 2.24) is 0 Å².